The van der Waals surface area contributed by atoms with Crippen LogP contribution in [0.3, 0.4) is 0 Å². The number of aliphatic imine (C=N–C) groups is 1. The third-order valence-corrected chi connectivity index (χ3v) is 5.08. The van der Waals surface area contributed by atoms with E-state index in [9.17, 15) is 21.6 Å². The second kappa shape index (κ2) is 8.59. The Morgan fingerprint density at radius 3 is 2.83 bits per heavy atom. The number of allylic oxidation sites excluding steroid dienone is 1. The fourth-order valence-electron chi connectivity index (χ4n) is 2.76. The lowest BCUT2D eigenvalue weighted by atomic mass is 9.97. The van der Waals surface area contributed by atoms with E-state index in [-0.39, 0.29) is 18.6 Å². The number of hydrogen-bond acceptors (Lipinski definition) is 8. The molecule has 29 heavy (non-hydrogen) atoms. The zero-order chi connectivity index (χ0) is 21.1. The number of hydrogen-bond donors (Lipinski definition) is 1. The smallest absolute Gasteiger partial charge is 0.476 e. The van der Waals surface area contributed by atoms with Crippen LogP contribution >= 0.6 is 0 Å². The largest absolute Gasteiger partial charge is 0.534 e. The van der Waals surface area contributed by atoms with Crippen LogP contribution in [0.25, 0.3) is 0 Å². The highest BCUT2D eigenvalue weighted by molar-refractivity contribution is 7.88. The van der Waals surface area contributed by atoms with E-state index in [1.807, 2.05) is 0 Å². The highest BCUT2D eigenvalue weighted by Gasteiger charge is 2.48. The number of rotatable bonds is 6. The van der Waals surface area contributed by atoms with Crippen molar-refractivity contribution in [2.24, 2.45) is 10.7 Å². The van der Waals surface area contributed by atoms with Crippen molar-refractivity contribution in [3.63, 3.8) is 0 Å². The molecule has 3 rings (SSSR count). The fraction of sp³-hybridized carbons (Fsp3) is 0.471. The summed E-state index contributed by atoms with van der Waals surface area (Å²) in [5.74, 6) is -0.337. The maximum atomic E-state index is 12.5. The molecule has 1 aromatic carbocycles. The van der Waals surface area contributed by atoms with E-state index in [1.54, 1.807) is 0 Å². The van der Waals surface area contributed by atoms with Crippen LogP contribution in [0.5, 0.6) is 5.75 Å². The quantitative estimate of drug-likeness (QED) is 0.409. The number of nitrogens with zero attached hydrogens (tertiary/aromatic N) is 1. The lowest BCUT2D eigenvalue weighted by molar-refractivity contribution is -0.108. The number of ether oxygens (including phenoxy) is 3. The summed E-state index contributed by atoms with van der Waals surface area (Å²) in [5, 5.41) is 0. The highest BCUT2D eigenvalue weighted by atomic mass is 32.2. The molecular weight excluding hydrogens is 417 g/mol. The Labute approximate surface area is 165 Å². The van der Waals surface area contributed by atoms with Crippen molar-refractivity contribution in [2.75, 3.05) is 33.0 Å². The first-order valence-electron chi connectivity index (χ1n) is 8.63. The Morgan fingerprint density at radius 2 is 2.14 bits per heavy atom. The van der Waals surface area contributed by atoms with Gasteiger partial charge in [-0.25, -0.2) is 0 Å². The molecule has 160 valence electrons. The van der Waals surface area contributed by atoms with E-state index >= 15 is 0 Å². The molecule has 0 unspecified atom stereocenters. The molecule has 0 spiro atoms. The molecule has 0 aliphatic carbocycles. The summed E-state index contributed by atoms with van der Waals surface area (Å²) in [7, 11) is -5.73. The fourth-order valence-corrected chi connectivity index (χ4v) is 3.21. The predicted molar refractivity (Wildman–Crippen MR) is 95.9 cm³/mol. The minimum atomic E-state index is -5.73. The third-order valence-electron chi connectivity index (χ3n) is 4.11. The summed E-state index contributed by atoms with van der Waals surface area (Å²) in [6, 6.07) is 3.79. The van der Waals surface area contributed by atoms with Crippen LogP contribution < -0.4 is 9.92 Å². The average molecular weight is 436 g/mol. The zero-order valence-electron chi connectivity index (χ0n) is 15.1. The SMILES string of the molecule is NC(=CC1=NCCc2cc(OS(=O)(=O)C(F)(F)F)ccc21)OC[C@H]1COCCO1. The summed E-state index contributed by atoms with van der Waals surface area (Å²) < 4.78 is 80.1. The molecule has 2 heterocycles. The highest BCUT2D eigenvalue weighted by Crippen LogP contribution is 2.29. The molecular formula is C17H19F3N2O6S. The van der Waals surface area contributed by atoms with Crippen molar-refractivity contribution in [1.82, 2.24) is 0 Å². The summed E-state index contributed by atoms with van der Waals surface area (Å²) >= 11 is 0. The Bertz CT molecular complexity index is 908. The summed E-state index contributed by atoms with van der Waals surface area (Å²) in [6.07, 6.45) is 1.67. The molecule has 2 N–H and O–H groups in total. The summed E-state index contributed by atoms with van der Waals surface area (Å²) in [5.41, 5.74) is 2.01. The van der Waals surface area contributed by atoms with E-state index in [1.165, 1.54) is 18.2 Å². The van der Waals surface area contributed by atoms with Crippen molar-refractivity contribution in [3.8, 4) is 5.75 Å². The number of fused-ring (bicyclic) bond motifs is 1. The normalized spacial score (nSPS) is 20.6. The number of benzene rings is 1. The first-order chi connectivity index (χ1) is 13.7. The van der Waals surface area contributed by atoms with E-state index in [4.69, 9.17) is 19.9 Å². The van der Waals surface area contributed by atoms with Crippen LogP contribution in [0.2, 0.25) is 0 Å². The van der Waals surface area contributed by atoms with Crippen molar-refractivity contribution in [2.45, 2.75) is 18.0 Å². The Morgan fingerprint density at radius 1 is 1.34 bits per heavy atom. The number of nitrogens with two attached hydrogens (primary N) is 1. The van der Waals surface area contributed by atoms with Gasteiger partial charge in [0.25, 0.3) is 0 Å². The van der Waals surface area contributed by atoms with Crippen LogP contribution in [0, 0.1) is 0 Å². The topological polar surface area (TPSA) is 109 Å². The maximum Gasteiger partial charge on any atom is 0.534 e. The lowest BCUT2D eigenvalue weighted by Crippen LogP contribution is -2.32. The van der Waals surface area contributed by atoms with Crippen LogP contribution in [-0.4, -0.2) is 58.7 Å². The number of alkyl halides is 3. The minimum absolute atomic E-state index is 0.0887. The van der Waals surface area contributed by atoms with Gasteiger partial charge in [-0.3, -0.25) is 4.99 Å². The Kier molecular flexibility index (Phi) is 6.34. The Hall–Kier alpha value is -2.31. The molecule has 8 nitrogen and oxygen atoms in total. The average Bonchev–Trinajstić information content (AvgIpc) is 2.66. The number of halogens is 3. The van der Waals surface area contributed by atoms with E-state index in [0.29, 0.717) is 49.6 Å². The van der Waals surface area contributed by atoms with Gasteiger partial charge in [0.1, 0.15) is 18.5 Å². The van der Waals surface area contributed by atoms with Gasteiger partial charge >= 0.3 is 15.6 Å². The molecule has 0 amide bonds. The summed E-state index contributed by atoms with van der Waals surface area (Å²) in [6.45, 7) is 1.96. The van der Waals surface area contributed by atoms with Gasteiger partial charge < -0.3 is 24.1 Å². The zero-order valence-corrected chi connectivity index (χ0v) is 16.0. The van der Waals surface area contributed by atoms with E-state index < -0.39 is 21.4 Å². The molecule has 12 heteroatoms. The van der Waals surface area contributed by atoms with Gasteiger partial charge in [0.15, 0.2) is 5.88 Å². The second-order valence-electron chi connectivity index (χ2n) is 6.24. The van der Waals surface area contributed by atoms with Crippen LogP contribution in [0.15, 0.2) is 35.2 Å². The van der Waals surface area contributed by atoms with Crippen LogP contribution in [-0.2, 0) is 30.7 Å². The van der Waals surface area contributed by atoms with Crippen molar-refractivity contribution < 1.29 is 40.0 Å². The molecule has 1 saturated heterocycles. The maximum absolute atomic E-state index is 12.5. The Balaban J connectivity index is 1.70. The van der Waals surface area contributed by atoms with Gasteiger partial charge in [-0.05, 0) is 30.2 Å². The first kappa shape index (κ1) is 21.4. The lowest BCUT2D eigenvalue weighted by Gasteiger charge is -2.23. The van der Waals surface area contributed by atoms with Crippen LogP contribution in [0.4, 0.5) is 13.2 Å². The minimum Gasteiger partial charge on any atom is -0.476 e. The standard InChI is InChI=1S/C17H19F3N2O6S/c18-17(19,20)29(23,24)28-12-1-2-14-11(7-12)3-4-22-15(14)8-16(21)27-10-13-9-25-5-6-26-13/h1-2,7-8,13H,3-6,9-10,21H2/t13-/m1/s1. The molecule has 0 saturated carbocycles. The molecule has 0 bridgehead atoms. The monoisotopic (exact) mass is 436 g/mol. The predicted octanol–water partition coefficient (Wildman–Crippen LogP) is 1.49. The van der Waals surface area contributed by atoms with Gasteiger partial charge in [0.05, 0.1) is 25.5 Å². The molecule has 0 aromatic heterocycles. The molecule has 1 atom stereocenters. The summed E-state index contributed by atoms with van der Waals surface area (Å²) in [4.78, 5) is 4.33. The van der Waals surface area contributed by atoms with E-state index in [2.05, 4.69) is 9.18 Å². The second-order valence-corrected chi connectivity index (χ2v) is 7.78. The van der Waals surface area contributed by atoms with Crippen molar-refractivity contribution >= 4 is 15.8 Å². The van der Waals surface area contributed by atoms with Crippen molar-refractivity contribution in [1.29, 1.82) is 0 Å². The van der Waals surface area contributed by atoms with Gasteiger partial charge in [-0.2, -0.15) is 21.6 Å². The van der Waals surface area contributed by atoms with Gasteiger partial charge in [-0.15, -0.1) is 0 Å². The van der Waals surface area contributed by atoms with Gasteiger partial charge in [0.2, 0.25) is 0 Å². The molecule has 1 fully saturated rings. The van der Waals surface area contributed by atoms with Gasteiger partial charge in [-0.1, -0.05) is 0 Å². The van der Waals surface area contributed by atoms with E-state index in [0.717, 1.165) is 6.07 Å². The van der Waals surface area contributed by atoms with Crippen LogP contribution in [0.1, 0.15) is 11.1 Å². The molecule has 0 radical (unpaired) electrons. The van der Waals surface area contributed by atoms with Gasteiger partial charge in [0, 0.05) is 18.2 Å². The van der Waals surface area contributed by atoms with Crippen molar-refractivity contribution in [3.05, 3.63) is 41.3 Å². The third kappa shape index (κ3) is 5.40. The molecule has 1 aromatic rings. The molecule has 2 aliphatic rings. The molecule has 2 aliphatic heterocycles. The first-order valence-corrected chi connectivity index (χ1v) is 10.0.